The normalized spacial score (nSPS) is 10.3. The van der Waals surface area contributed by atoms with Gasteiger partial charge in [0.25, 0.3) is 0 Å². The molecule has 3 heteroatoms. The molecule has 0 saturated carbocycles. The van der Waals surface area contributed by atoms with Gasteiger partial charge in [-0.05, 0) is 31.2 Å². The van der Waals surface area contributed by atoms with Crippen LogP contribution in [-0.4, -0.2) is 11.5 Å². The first-order valence-electron chi connectivity index (χ1n) is 6.18. The van der Waals surface area contributed by atoms with Crippen LogP contribution in [0.15, 0.2) is 42.6 Å². The summed E-state index contributed by atoms with van der Waals surface area (Å²) >= 11 is 0. The molecule has 18 heavy (non-hydrogen) atoms. The number of ether oxygens (including phenoxy) is 1. The van der Waals surface area contributed by atoms with Crippen LogP contribution in [0.3, 0.4) is 0 Å². The lowest BCUT2D eigenvalue weighted by molar-refractivity contribution is 0.476. The average Bonchev–Trinajstić information content (AvgIpc) is 2.40. The summed E-state index contributed by atoms with van der Waals surface area (Å²) < 4.78 is 5.86. The van der Waals surface area contributed by atoms with Crippen molar-refractivity contribution in [2.45, 2.75) is 20.4 Å². The molecule has 1 N–H and O–H groups in total. The number of nitrogens with one attached hydrogen (secondary N) is 1. The van der Waals surface area contributed by atoms with Crippen molar-refractivity contribution < 1.29 is 4.74 Å². The fourth-order valence-electron chi connectivity index (χ4n) is 1.67. The number of nitrogens with zero attached hydrogens (tertiary/aromatic N) is 1. The molecule has 94 valence electrons. The Balaban J connectivity index is 2.12. The number of aromatic nitrogens is 1. The van der Waals surface area contributed by atoms with Gasteiger partial charge in [-0.3, -0.25) is 4.98 Å². The molecular weight excluding hydrogens is 224 g/mol. The standard InChI is InChI=1S/C15H18N2O/c1-3-16-11-13-10-14(8-9-17-13)18-15-7-5-4-6-12(15)2/h4-10,16H,3,11H2,1-2H3. The average molecular weight is 242 g/mol. The molecule has 1 aromatic heterocycles. The summed E-state index contributed by atoms with van der Waals surface area (Å²) in [7, 11) is 0. The number of benzene rings is 1. The van der Waals surface area contributed by atoms with E-state index in [9.17, 15) is 0 Å². The Morgan fingerprint density at radius 3 is 2.83 bits per heavy atom. The Bertz CT molecular complexity index is 511. The highest BCUT2D eigenvalue weighted by molar-refractivity contribution is 5.36. The van der Waals surface area contributed by atoms with E-state index in [2.05, 4.69) is 17.2 Å². The Morgan fingerprint density at radius 2 is 2.06 bits per heavy atom. The van der Waals surface area contributed by atoms with Crippen LogP contribution in [0.4, 0.5) is 0 Å². The summed E-state index contributed by atoms with van der Waals surface area (Å²) in [5.41, 5.74) is 2.12. The topological polar surface area (TPSA) is 34.1 Å². The molecule has 1 aromatic carbocycles. The Labute approximate surface area is 108 Å². The molecule has 2 aromatic rings. The van der Waals surface area contributed by atoms with E-state index in [1.54, 1.807) is 6.20 Å². The summed E-state index contributed by atoms with van der Waals surface area (Å²) in [6.07, 6.45) is 1.78. The zero-order valence-corrected chi connectivity index (χ0v) is 10.8. The van der Waals surface area contributed by atoms with Gasteiger partial charge in [-0.2, -0.15) is 0 Å². The van der Waals surface area contributed by atoms with E-state index in [1.807, 2.05) is 43.3 Å². The monoisotopic (exact) mass is 242 g/mol. The van der Waals surface area contributed by atoms with Crippen LogP contribution in [0.5, 0.6) is 11.5 Å². The molecule has 3 nitrogen and oxygen atoms in total. The number of aryl methyl sites for hydroxylation is 1. The van der Waals surface area contributed by atoms with Crippen molar-refractivity contribution in [1.29, 1.82) is 0 Å². The van der Waals surface area contributed by atoms with Gasteiger partial charge in [-0.15, -0.1) is 0 Å². The van der Waals surface area contributed by atoms with Crippen LogP contribution in [-0.2, 0) is 6.54 Å². The molecule has 0 spiro atoms. The smallest absolute Gasteiger partial charge is 0.130 e. The highest BCUT2D eigenvalue weighted by Crippen LogP contribution is 2.24. The molecule has 0 unspecified atom stereocenters. The molecule has 0 aliphatic heterocycles. The molecule has 0 amide bonds. The summed E-state index contributed by atoms with van der Waals surface area (Å²) in [4.78, 5) is 4.30. The minimum Gasteiger partial charge on any atom is -0.457 e. The SMILES string of the molecule is CCNCc1cc(Oc2ccccc2C)ccn1. The zero-order valence-electron chi connectivity index (χ0n) is 10.8. The Morgan fingerprint density at radius 1 is 1.22 bits per heavy atom. The largest absolute Gasteiger partial charge is 0.457 e. The van der Waals surface area contributed by atoms with E-state index in [-0.39, 0.29) is 0 Å². The lowest BCUT2D eigenvalue weighted by Crippen LogP contribution is -2.12. The molecule has 0 radical (unpaired) electrons. The van der Waals surface area contributed by atoms with Gasteiger partial charge in [-0.1, -0.05) is 25.1 Å². The quantitative estimate of drug-likeness (QED) is 0.873. The van der Waals surface area contributed by atoms with Crippen molar-refractivity contribution >= 4 is 0 Å². The van der Waals surface area contributed by atoms with Crippen LogP contribution in [0, 0.1) is 6.92 Å². The first kappa shape index (κ1) is 12.6. The van der Waals surface area contributed by atoms with Gasteiger partial charge in [0.2, 0.25) is 0 Å². The number of pyridine rings is 1. The molecule has 1 heterocycles. The maximum absolute atomic E-state index is 5.86. The molecule has 0 bridgehead atoms. The molecule has 0 aliphatic carbocycles. The number of hydrogen-bond acceptors (Lipinski definition) is 3. The zero-order chi connectivity index (χ0) is 12.8. The van der Waals surface area contributed by atoms with Crippen molar-refractivity contribution in [3.63, 3.8) is 0 Å². The second-order valence-electron chi connectivity index (χ2n) is 4.13. The van der Waals surface area contributed by atoms with Crippen molar-refractivity contribution in [3.8, 4) is 11.5 Å². The van der Waals surface area contributed by atoms with Crippen LogP contribution >= 0.6 is 0 Å². The third-order valence-corrected chi connectivity index (χ3v) is 2.67. The number of para-hydroxylation sites is 1. The minimum atomic E-state index is 0.765. The van der Waals surface area contributed by atoms with Gasteiger partial charge in [0.1, 0.15) is 11.5 Å². The predicted molar refractivity (Wildman–Crippen MR) is 72.9 cm³/mol. The Kier molecular flexibility index (Phi) is 4.31. The highest BCUT2D eigenvalue weighted by atomic mass is 16.5. The number of hydrogen-bond donors (Lipinski definition) is 1. The van der Waals surface area contributed by atoms with E-state index in [1.165, 1.54) is 0 Å². The van der Waals surface area contributed by atoms with E-state index < -0.39 is 0 Å². The first-order chi connectivity index (χ1) is 8.79. The van der Waals surface area contributed by atoms with Gasteiger partial charge in [0.05, 0.1) is 5.69 Å². The summed E-state index contributed by atoms with van der Waals surface area (Å²) in [6, 6.07) is 11.8. The number of rotatable bonds is 5. The van der Waals surface area contributed by atoms with Crippen LogP contribution in [0.1, 0.15) is 18.2 Å². The third kappa shape index (κ3) is 3.31. The van der Waals surface area contributed by atoms with Crippen LogP contribution in [0.25, 0.3) is 0 Å². The fourth-order valence-corrected chi connectivity index (χ4v) is 1.67. The predicted octanol–water partition coefficient (Wildman–Crippen LogP) is 3.29. The van der Waals surface area contributed by atoms with Crippen LogP contribution < -0.4 is 10.1 Å². The second-order valence-corrected chi connectivity index (χ2v) is 4.13. The lowest BCUT2D eigenvalue weighted by Gasteiger charge is -2.09. The van der Waals surface area contributed by atoms with Gasteiger partial charge in [0, 0.05) is 18.8 Å². The maximum Gasteiger partial charge on any atom is 0.130 e. The van der Waals surface area contributed by atoms with Gasteiger partial charge < -0.3 is 10.1 Å². The molecule has 0 aliphatic rings. The third-order valence-electron chi connectivity index (χ3n) is 2.67. The molecule has 0 saturated heterocycles. The second kappa shape index (κ2) is 6.17. The van der Waals surface area contributed by atoms with Gasteiger partial charge in [-0.25, -0.2) is 0 Å². The molecule has 2 rings (SSSR count). The van der Waals surface area contributed by atoms with Crippen molar-refractivity contribution in [2.75, 3.05) is 6.54 Å². The van der Waals surface area contributed by atoms with E-state index >= 15 is 0 Å². The van der Waals surface area contributed by atoms with Crippen molar-refractivity contribution in [2.24, 2.45) is 0 Å². The summed E-state index contributed by atoms with van der Waals surface area (Å²) in [5.74, 6) is 1.71. The van der Waals surface area contributed by atoms with Gasteiger partial charge in [0.15, 0.2) is 0 Å². The summed E-state index contributed by atoms with van der Waals surface area (Å²) in [5, 5.41) is 3.25. The molecule has 0 fully saturated rings. The van der Waals surface area contributed by atoms with E-state index in [0.717, 1.165) is 35.8 Å². The molecule has 0 atom stereocenters. The first-order valence-corrected chi connectivity index (χ1v) is 6.18. The molecular formula is C15H18N2O. The highest BCUT2D eigenvalue weighted by Gasteiger charge is 2.02. The summed E-state index contributed by atoms with van der Waals surface area (Å²) in [6.45, 7) is 5.82. The van der Waals surface area contributed by atoms with Crippen LogP contribution in [0.2, 0.25) is 0 Å². The Hall–Kier alpha value is -1.87. The van der Waals surface area contributed by atoms with E-state index in [4.69, 9.17) is 4.74 Å². The lowest BCUT2D eigenvalue weighted by atomic mass is 10.2. The fraction of sp³-hybridized carbons (Fsp3) is 0.267. The van der Waals surface area contributed by atoms with Gasteiger partial charge >= 0.3 is 0 Å². The van der Waals surface area contributed by atoms with Crippen molar-refractivity contribution in [3.05, 3.63) is 53.9 Å². The van der Waals surface area contributed by atoms with E-state index in [0.29, 0.717) is 0 Å². The minimum absolute atomic E-state index is 0.765. The van der Waals surface area contributed by atoms with Crippen molar-refractivity contribution in [1.82, 2.24) is 10.3 Å². The maximum atomic E-state index is 5.86.